The first-order valence-electron chi connectivity index (χ1n) is 7.69. The zero-order valence-corrected chi connectivity index (χ0v) is 14.2. The van der Waals surface area contributed by atoms with E-state index in [1.165, 1.54) is 11.3 Å². The number of alkyl halides is 1. The monoisotopic (exact) mass is 366 g/mol. The van der Waals surface area contributed by atoms with Gasteiger partial charge in [0.2, 0.25) is 0 Å². The SMILES string of the molecule is Cc1ccc(N2C[C@H]3[C@H](C)[C@]4([N+](=O)[O-])C[C@@H](Br)[C@@]3(C2)O4)cc1. The topological polar surface area (TPSA) is 55.6 Å². The standard InChI is InChI=1S/C16H19BrN2O3/c1-10-3-5-12(6-4-10)18-8-13-11(2)16(19(20)21)7-14(17)15(13,9-18)22-16/h3-6,11,13-14H,7-9H2,1-2H3/t11-,13-,14+,15-,16-/m0/s1. The Morgan fingerprint density at radius 3 is 2.68 bits per heavy atom. The lowest BCUT2D eigenvalue weighted by molar-refractivity contribution is -0.629. The molecule has 3 fully saturated rings. The molecule has 3 aliphatic heterocycles. The number of hydrogen-bond donors (Lipinski definition) is 0. The van der Waals surface area contributed by atoms with Crippen molar-refractivity contribution in [3.8, 4) is 0 Å². The number of aryl methyl sites for hydroxylation is 1. The number of nitrogens with zero attached hydrogens (tertiary/aromatic N) is 2. The predicted molar refractivity (Wildman–Crippen MR) is 86.9 cm³/mol. The lowest BCUT2D eigenvalue weighted by atomic mass is 9.72. The van der Waals surface area contributed by atoms with Crippen molar-refractivity contribution in [1.82, 2.24) is 0 Å². The molecule has 6 heteroatoms. The molecule has 3 heterocycles. The van der Waals surface area contributed by atoms with Crippen LogP contribution in [0.1, 0.15) is 18.9 Å². The van der Waals surface area contributed by atoms with Gasteiger partial charge in [-0.15, -0.1) is 0 Å². The fraction of sp³-hybridized carbons (Fsp3) is 0.625. The molecule has 0 amide bonds. The molecule has 0 saturated carbocycles. The van der Waals surface area contributed by atoms with E-state index in [0.29, 0.717) is 6.42 Å². The summed E-state index contributed by atoms with van der Waals surface area (Å²) in [7, 11) is 0. The third-order valence-corrected chi connectivity index (χ3v) is 6.97. The fourth-order valence-electron chi connectivity index (χ4n) is 4.58. The molecule has 22 heavy (non-hydrogen) atoms. The summed E-state index contributed by atoms with van der Waals surface area (Å²) in [4.78, 5) is 13.8. The highest BCUT2D eigenvalue weighted by Crippen LogP contribution is 2.62. The average molecular weight is 367 g/mol. The molecule has 1 aromatic carbocycles. The van der Waals surface area contributed by atoms with Crippen molar-refractivity contribution in [2.45, 2.75) is 36.4 Å². The highest BCUT2D eigenvalue weighted by atomic mass is 79.9. The van der Waals surface area contributed by atoms with Crippen molar-refractivity contribution >= 4 is 21.6 Å². The normalized spacial score (nSPS) is 42.7. The van der Waals surface area contributed by atoms with Crippen molar-refractivity contribution in [2.24, 2.45) is 11.8 Å². The number of hydrogen-bond acceptors (Lipinski definition) is 4. The summed E-state index contributed by atoms with van der Waals surface area (Å²) in [6, 6.07) is 8.45. The Labute approximate surface area is 137 Å². The van der Waals surface area contributed by atoms with Gasteiger partial charge in [0.25, 0.3) is 0 Å². The Morgan fingerprint density at radius 2 is 2.09 bits per heavy atom. The molecule has 118 valence electrons. The van der Waals surface area contributed by atoms with Gasteiger partial charge >= 0.3 is 5.72 Å². The lowest BCUT2D eigenvalue weighted by Crippen LogP contribution is -2.48. The molecule has 5 atom stereocenters. The van der Waals surface area contributed by atoms with Crippen molar-refractivity contribution in [3.63, 3.8) is 0 Å². The van der Waals surface area contributed by atoms with Gasteiger partial charge in [0.1, 0.15) is 5.60 Å². The molecule has 1 spiro atoms. The van der Waals surface area contributed by atoms with Crippen LogP contribution in [0.3, 0.4) is 0 Å². The second-order valence-corrected chi connectivity index (χ2v) is 8.05. The average Bonchev–Trinajstić information content (AvgIpc) is 3.06. The van der Waals surface area contributed by atoms with Crippen molar-refractivity contribution in [3.05, 3.63) is 39.9 Å². The molecule has 0 aromatic heterocycles. The first-order valence-corrected chi connectivity index (χ1v) is 8.61. The molecule has 1 aromatic rings. The minimum absolute atomic E-state index is 0.0436. The molecule has 0 radical (unpaired) electrons. The maximum Gasteiger partial charge on any atom is 0.329 e. The summed E-state index contributed by atoms with van der Waals surface area (Å²) in [6.07, 6.45) is 0.458. The lowest BCUT2D eigenvalue weighted by Gasteiger charge is -2.31. The summed E-state index contributed by atoms with van der Waals surface area (Å²) in [5.74, 6) is 0.129. The second-order valence-electron chi connectivity index (χ2n) is 6.94. The fourth-order valence-corrected chi connectivity index (χ4v) is 5.62. The number of fused-ring (bicyclic) bond motifs is 1. The first kappa shape index (κ1) is 14.5. The van der Waals surface area contributed by atoms with E-state index in [0.717, 1.165) is 13.1 Å². The molecule has 5 nitrogen and oxygen atoms in total. The van der Waals surface area contributed by atoms with E-state index in [1.54, 1.807) is 0 Å². The highest BCUT2D eigenvalue weighted by molar-refractivity contribution is 9.09. The minimum atomic E-state index is -1.20. The molecular formula is C16H19BrN2O3. The summed E-state index contributed by atoms with van der Waals surface area (Å²) in [6.45, 7) is 5.59. The highest BCUT2D eigenvalue weighted by Gasteiger charge is 2.78. The summed E-state index contributed by atoms with van der Waals surface area (Å²) < 4.78 is 6.15. The van der Waals surface area contributed by atoms with Gasteiger partial charge in [-0.1, -0.05) is 40.5 Å². The summed E-state index contributed by atoms with van der Waals surface area (Å²) in [5.41, 5.74) is 0.774. The Kier molecular flexibility index (Phi) is 2.92. The zero-order chi connectivity index (χ0) is 15.7. The third-order valence-electron chi connectivity index (χ3n) is 5.87. The van der Waals surface area contributed by atoms with Gasteiger partial charge in [0, 0.05) is 24.7 Å². The van der Waals surface area contributed by atoms with Crippen LogP contribution in [0.4, 0.5) is 5.69 Å². The molecule has 0 N–H and O–H groups in total. The number of nitro groups is 1. The Hall–Kier alpha value is -1.14. The van der Waals surface area contributed by atoms with E-state index in [4.69, 9.17) is 4.74 Å². The van der Waals surface area contributed by atoms with Gasteiger partial charge in [0.15, 0.2) is 0 Å². The Bertz CT molecular complexity index is 637. The molecule has 3 saturated heterocycles. The van der Waals surface area contributed by atoms with Crippen LogP contribution in [0, 0.1) is 28.9 Å². The Balaban J connectivity index is 1.68. The van der Waals surface area contributed by atoms with Gasteiger partial charge in [-0.3, -0.25) is 10.1 Å². The minimum Gasteiger partial charge on any atom is -0.368 e. The maximum atomic E-state index is 11.6. The van der Waals surface area contributed by atoms with Gasteiger partial charge < -0.3 is 9.64 Å². The number of ether oxygens (including phenoxy) is 1. The van der Waals surface area contributed by atoms with Gasteiger partial charge in [-0.2, -0.15) is 0 Å². The van der Waals surface area contributed by atoms with E-state index < -0.39 is 11.3 Å². The van der Waals surface area contributed by atoms with E-state index in [9.17, 15) is 10.1 Å². The number of anilines is 1. The van der Waals surface area contributed by atoms with E-state index >= 15 is 0 Å². The van der Waals surface area contributed by atoms with Crippen molar-refractivity contribution in [1.29, 1.82) is 0 Å². The van der Waals surface area contributed by atoms with Crippen LogP contribution in [0.5, 0.6) is 0 Å². The molecule has 4 rings (SSSR count). The zero-order valence-electron chi connectivity index (χ0n) is 12.7. The van der Waals surface area contributed by atoms with Crippen LogP contribution >= 0.6 is 15.9 Å². The predicted octanol–water partition coefficient (Wildman–Crippen LogP) is 2.98. The van der Waals surface area contributed by atoms with Crippen LogP contribution in [-0.2, 0) is 4.74 Å². The van der Waals surface area contributed by atoms with Crippen LogP contribution in [0.25, 0.3) is 0 Å². The Morgan fingerprint density at radius 1 is 1.41 bits per heavy atom. The molecule has 3 aliphatic rings. The summed E-state index contributed by atoms with van der Waals surface area (Å²) in [5, 5.41) is 11.6. The molecule has 0 aliphatic carbocycles. The van der Waals surface area contributed by atoms with E-state index in [1.807, 2.05) is 6.92 Å². The van der Waals surface area contributed by atoms with Gasteiger partial charge in [-0.25, -0.2) is 0 Å². The van der Waals surface area contributed by atoms with Crippen molar-refractivity contribution in [2.75, 3.05) is 18.0 Å². The molecular weight excluding hydrogens is 348 g/mol. The quantitative estimate of drug-likeness (QED) is 0.458. The van der Waals surface area contributed by atoms with Gasteiger partial charge in [-0.05, 0) is 19.1 Å². The van der Waals surface area contributed by atoms with Crippen molar-refractivity contribution < 1.29 is 9.66 Å². The van der Waals surface area contributed by atoms with Crippen LogP contribution < -0.4 is 4.90 Å². The molecule has 0 unspecified atom stereocenters. The third kappa shape index (κ3) is 1.62. The van der Waals surface area contributed by atoms with Crippen LogP contribution in [0.2, 0.25) is 0 Å². The van der Waals surface area contributed by atoms with Gasteiger partial charge in [0.05, 0.1) is 22.1 Å². The smallest absolute Gasteiger partial charge is 0.329 e. The number of benzene rings is 1. The first-order chi connectivity index (χ1) is 10.4. The second kappa shape index (κ2) is 4.45. The molecule has 2 bridgehead atoms. The number of halogens is 1. The maximum absolute atomic E-state index is 11.6. The van der Waals surface area contributed by atoms with Crippen LogP contribution in [0.15, 0.2) is 24.3 Å². The summed E-state index contributed by atoms with van der Waals surface area (Å²) >= 11 is 3.68. The largest absolute Gasteiger partial charge is 0.368 e. The van der Waals surface area contributed by atoms with Crippen LogP contribution in [-0.4, -0.2) is 34.2 Å². The number of rotatable bonds is 2. The van der Waals surface area contributed by atoms with E-state index in [-0.39, 0.29) is 21.6 Å². The van der Waals surface area contributed by atoms with E-state index in [2.05, 4.69) is 52.0 Å².